The quantitative estimate of drug-likeness (QED) is 0.725. The summed E-state index contributed by atoms with van der Waals surface area (Å²) in [5.41, 5.74) is 6.71. The van der Waals surface area contributed by atoms with Gasteiger partial charge in [0.05, 0.1) is 4.90 Å². The average Bonchev–Trinajstić information content (AvgIpc) is 2.82. The van der Waals surface area contributed by atoms with E-state index in [1.807, 2.05) is 13.0 Å². The summed E-state index contributed by atoms with van der Waals surface area (Å²) in [5.74, 6) is -0.139. The molecule has 0 aliphatic carbocycles. The van der Waals surface area contributed by atoms with Crippen molar-refractivity contribution in [2.24, 2.45) is 5.73 Å². The summed E-state index contributed by atoms with van der Waals surface area (Å²) in [6.07, 6.45) is 0.908. The summed E-state index contributed by atoms with van der Waals surface area (Å²) < 4.78 is 27.1. The zero-order chi connectivity index (χ0) is 14.8. The molecular weight excluding hydrogens is 278 g/mol. The smallest absolute Gasteiger partial charge is 0.240 e. The molecule has 0 saturated carbocycles. The highest BCUT2D eigenvalue weighted by atomic mass is 32.2. The van der Waals surface area contributed by atoms with E-state index in [9.17, 15) is 13.2 Å². The Morgan fingerprint density at radius 2 is 2.25 bits per heavy atom. The number of hydrogen-bond donors (Lipinski definition) is 3. The van der Waals surface area contributed by atoms with Gasteiger partial charge >= 0.3 is 0 Å². The Labute approximate surface area is 118 Å². The molecule has 1 aliphatic heterocycles. The van der Waals surface area contributed by atoms with Gasteiger partial charge in [-0.3, -0.25) is 4.79 Å². The molecule has 1 aromatic carbocycles. The van der Waals surface area contributed by atoms with Crippen LogP contribution in [0.3, 0.4) is 0 Å². The van der Waals surface area contributed by atoms with Crippen molar-refractivity contribution >= 4 is 15.9 Å². The largest absolute Gasteiger partial charge is 0.354 e. The van der Waals surface area contributed by atoms with Crippen LogP contribution in [0, 0.1) is 0 Å². The zero-order valence-corrected chi connectivity index (χ0v) is 12.1. The number of nitrogens with one attached hydrogen (secondary N) is 2. The predicted octanol–water partition coefficient (Wildman–Crippen LogP) is 0.263. The van der Waals surface area contributed by atoms with Crippen LogP contribution in [-0.4, -0.2) is 26.9 Å². The summed E-state index contributed by atoms with van der Waals surface area (Å²) in [4.78, 5) is 11.3. The van der Waals surface area contributed by atoms with Gasteiger partial charge < -0.3 is 11.1 Å². The van der Waals surface area contributed by atoms with Gasteiger partial charge in [-0.1, -0.05) is 19.1 Å². The molecule has 4 N–H and O–H groups in total. The first-order valence-corrected chi connectivity index (χ1v) is 8.05. The van der Waals surface area contributed by atoms with Crippen LogP contribution in [-0.2, 0) is 14.8 Å². The molecule has 20 heavy (non-hydrogen) atoms. The van der Waals surface area contributed by atoms with Crippen LogP contribution in [0.5, 0.6) is 0 Å². The van der Waals surface area contributed by atoms with E-state index in [1.165, 1.54) is 6.07 Å². The molecule has 2 rings (SSSR count). The fourth-order valence-corrected chi connectivity index (χ4v) is 3.41. The van der Waals surface area contributed by atoms with Crippen molar-refractivity contribution in [3.63, 3.8) is 0 Å². The molecule has 0 bridgehead atoms. The molecule has 1 heterocycles. The number of carbonyl (C=O) groups excluding carboxylic acids is 1. The van der Waals surface area contributed by atoms with E-state index >= 15 is 0 Å². The molecule has 2 unspecified atom stereocenters. The number of rotatable bonds is 5. The first-order valence-electron chi connectivity index (χ1n) is 6.57. The van der Waals surface area contributed by atoms with Gasteiger partial charge in [0.25, 0.3) is 0 Å². The van der Waals surface area contributed by atoms with Gasteiger partial charge in [-0.25, -0.2) is 13.1 Å². The lowest BCUT2D eigenvalue weighted by molar-refractivity contribution is -0.119. The minimum absolute atomic E-state index is 0.139. The van der Waals surface area contributed by atoms with Gasteiger partial charge in [0.2, 0.25) is 15.9 Å². The lowest BCUT2D eigenvalue weighted by Crippen LogP contribution is -2.36. The van der Waals surface area contributed by atoms with Gasteiger partial charge in [-0.15, -0.1) is 0 Å². The van der Waals surface area contributed by atoms with Crippen molar-refractivity contribution in [3.8, 4) is 0 Å². The molecule has 1 aliphatic rings. The third-order valence-corrected chi connectivity index (χ3v) is 4.85. The molecule has 0 aromatic heterocycles. The number of hydrogen-bond acceptors (Lipinski definition) is 4. The Kier molecular flexibility index (Phi) is 4.42. The summed E-state index contributed by atoms with van der Waals surface area (Å²) in [5, 5.41) is 2.60. The van der Waals surface area contributed by atoms with Gasteiger partial charge in [0, 0.05) is 25.0 Å². The maximum atomic E-state index is 12.3. The van der Waals surface area contributed by atoms with Crippen molar-refractivity contribution in [2.75, 3.05) is 6.54 Å². The van der Waals surface area contributed by atoms with Gasteiger partial charge in [-0.05, 0) is 24.1 Å². The van der Waals surface area contributed by atoms with E-state index in [-0.39, 0.29) is 23.3 Å². The molecule has 1 saturated heterocycles. The standard InChI is InChI=1S/C13H19N3O3S/c1-2-12(14)9-4-3-5-11(6-9)20(18,19)16-10-7-13(17)15-8-10/h3-6,10,12,16H,2,7-8,14H2,1H3,(H,15,17). The summed E-state index contributed by atoms with van der Waals surface area (Å²) in [6, 6.07) is 6.03. The van der Waals surface area contributed by atoms with E-state index < -0.39 is 16.1 Å². The number of carbonyl (C=O) groups is 1. The fraction of sp³-hybridized carbons (Fsp3) is 0.462. The number of benzene rings is 1. The van der Waals surface area contributed by atoms with Crippen molar-refractivity contribution in [1.29, 1.82) is 0 Å². The van der Waals surface area contributed by atoms with Crippen LogP contribution in [0.2, 0.25) is 0 Å². The van der Waals surface area contributed by atoms with E-state index in [2.05, 4.69) is 10.0 Å². The van der Waals surface area contributed by atoms with Gasteiger partial charge in [-0.2, -0.15) is 0 Å². The Balaban J connectivity index is 2.19. The number of amides is 1. The Morgan fingerprint density at radius 1 is 1.50 bits per heavy atom. The van der Waals surface area contributed by atoms with E-state index in [0.29, 0.717) is 6.54 Å². The molecule has 1 amide bonds. The average molecular weight is 297 g/mol. The highest BCUT2D eigenvalue weighted by Gasteiger charge is 2.27. The third-order valence-electron chi connectivity index (χ3n) is 3.34. The Bertz CT molecular complexity index is 601. The van der Waals surface area contributed by atoms with E-state index in [4.69, 9.17) is 5.73 Å². The zero-order valence-electron chi connectivity index (χ0n) is 11.3. The minimum atomic E-state index is -3.63. The van der Waals surface area contributed by atoms with Gasteiger partial charge in [0.1, 0.15) is 0 Å². The minimum Gasteiger partial charge on any atom is -0.354 e. The maximum Gasteiger partial charge on any atom is 0.240 e. The summed E-state index contributed by atoms with van der Waals surface area (Å²) in [6.45, 7) is 2.27. The van der Waals surface area contributed by atoms with Crippen LogP contribution < -0.4 is 15.8 Å². The maximum absolute atomic E-state index is 12.3. The van der Waals surface area contributed by atoms with Crippen molar-refractivity contribution in [1.82, 2.24) is 10.0 Å². The second-order valence-electron chi connectivity index (χ2n) is 4.91. The molecule has 0 spiro atoms. The van der Waals surface area contributed by atoms with Crippen molar-refractivity contribution in [2.45, 2.75) is 36.7 Å². The lowest BCUT2D eigenvalue weighted by Gasteiger charge is -2.14. The Hall–Kier alpha value is -1.44. The molecule has 6 nitrogen and oxygen atoms in total. The normalized spacial score (nSPS) is 20.7. The predicted molar refractivity (Wildman–Crippen MR) is 75.4 cm³/mol. The first-order chi connectivity index (χ1) is 9.42. The third kappa shape index (κ3) is 3.36. The van der Waals surface area contributed by atoms with E-state index in [1.54, 1.807) is 12.1 Å². The lowest BCUT2D eigenvalue weighted by atomic mass is 10.1. The molecule has 2 atom stereocenters. The monoisotopic (exact) mass is 297 g/mol. The van der Waals surface area contributed by atoms with Crippen LogP contribution in [0.4, 0.5) is 0 Å². The van der Waals surface area contributed by atoms with Gasteiger partial charge in [0.15, 0.2) is 0 Å². The topological polar surface area (TPSA) is 101 Å². The SMILES string of the molecule is CCC(N)c1cccc(S(=O)(=O)NC2CNC(=O)C2)c1. The molecule has 7 heteroatoms. The number of nitrogens with two attached hydrogens (primary N) is 1. The van der Waals surface area contributed by atoms with Crippen molar-refractivity contribution < 1.29 is 13.2 Å². The van der Waals surface area contributed by atoms with Crippen LogP contribution in [0.1, 0.15) is 31.4 Å². The van der Waals surface area contributed by atoms with Crippen LogP contribution >= 0.6 is 0 Å². The molecule has 1 aromatic rings. The van der Waals surface area contributed by atoms with Crippen molar-refractivity contribution in [3.05, 3.63) is 29.8 Å². The van der Waals surface area contributed by atoms with E-state index in [0.717, 1.165) is 12.0 Å². The molecule has 0 radical (unpaired) electrons. The highest BCUT2D eigenvalue weighted by molar-refractivity contribution is 7.89. The molecule has 110 valence electrons. The highest BCUT2D eigenvalue weighted by Crippen LogP contribution is 2.18. The Morgan fingerprint density at radius 3 is 2.85 bits per heavy atom. The second kappa shape index (κ2) is 5.90. The second-order valence-corrected chi connectivity index (χ2v) is 6.63. The summed E-state index contributed by atoms with van der Waals surface area (Å²) >= 11 is 0. The number of sulfonamides is 1. The first kappa shape index (κ1) is 15.0. The fourth-order valence-electron chi connectivity index (χ4n) is 2.12. The molecule has 1 fully saturated rings. The summed E-state index contributed by atoms with van der Waals surface area (Å²) in [7, 11) is -3.63. The molecular formula is C13H19N3O3S. The van der Waals surface area contributed by atoms with Crippen LogP contribution in [0.15, 0.2) is 29.2 Å². The van der Waals surface area contributed by atoms with Crippen LogP contribution in [0.25, 0.3) is 0 Å².